The van der Waals surface area contributed by atoms with Gasteiger partial charge in [-0.3, -0.25) is 9.59 Å². The predicted molar refractivity (Wildman–Crippen MR) is 109 cm³/mol. The lowest BCUT2D eigenvalue weighted by molar-refractivity contribution is -0.176. The van der Waals surface area contributed by atoms with Crippen LogP contribution >= 0.6 is 0 Å². The fourth-order valence-corrected chi connectivity index (χ4v) is 3.78. The molecule has 0 fully saturated rings. The van der Waals surface area contributed by atoms with Gasteiger partial charge in [-0.25, -0.2) is 4.79 Å². The van der Waals surface area contributed by atoms with Crippen molar-refractivity contribution in [1.29, 1.82) is 0 Å². The molecule has 176 valence electrons. The van der Waals surface area contributed by atoms with Gasteiger partial charge < -0.3 is 25.2 Å². The number of nitrogens with zero attached hydrogens (tertiary/aromatic N) is 1. The van der Waals surface area contributed by atoms with Gasteiger partial charge in [-0.2, -0.15) is 13.2 Å². The van der Waals surface area contributed by atoms with Gasteiger partial charge in [0.1, 0.15) is 13.2 Å². The van der Waals surface area contributed by atoms with Crippen LogP contribution in [0.3, 0.4) is 0 Å². The Morgan fingerprint density at radius 3 is 2.06 bits per heavy atom. The zero-order chi connectivity index (χ0) is 24.2. The minimum Gasteiger partial charge on any atom is -0.480 e. The molecule has 0 heterocycles. The van der Waals surface area contributed by atoms with Crippen molar-refractivity contribution in [1.82, 2.24) is 10.2 Å². The Morgan fingerprint density at radius 1 is 1.03 bits per heavy atom. The molecule has 1 unspecified atom stereocenters. The second-order valence-corrected chi connectivity index (χ2v) is 7.32. The summed E-state index contributed by atoms with van der Waals surface area (Å²) in [5.74, 6) is -3.69. The van der Waals surface area contributed by atoms with E-state index in [1.54, 1.807) is 12.1 Å². The van der Waals surface area contributed by atoms with E-state index in [9.17, 15) is 27.6 Å². The number of aliphatic hydroxyl groups is 1. The maximum absolute atomic E-state index is 13.5. The van der Waals surface area contributed by atoms with E-state index < -0.39 is 55.8 Å². The Balaban J connectivity index is 1.73. The number of fused-ring (bicyclic) bond motifs is 3. The summed E-state index contributed by atoms with van der Waals surface area (Å²) < 4.78 is 45.5. The van der Waals surface area contributed by atoms with E-state index in [0.717, 1.165) is 22.3 Å². The van der Waals surface area contributed by atoms with Crippen molar-refractivity contribution in [2.24, 2.45) is 0 Å². The number of carboxylic acids is 1. The molecular formula is C22H21F3N2O6. The van der Waals surface area contributed by atoms with Gasteiger partial charge in [0.2, 0.25) is 6.04 Å². The SMILES string of the molecule is O=C(O)CN(CCO)C(=O)C(NC(=O)OCC1c2ccccc2-c2ccccc21)C(F)(F)F. The van der Waals surface area contributed by atoms with E-state index in [1.165, 1.54) is 5.32 Å². The van der Waals surface area contributed by atoms with Gasteiger partial charge in [0.05, 0.1) is 6.61 Å². The third kappa shape index (κ3) is 5.43. The molecule has 0 saturated heterocycles. The van der Waals surface area contributed by atoms with Crippen LogP contribution in [0.2, 0.25) is 0 Å². The van der Waals surface area contributed by atoms with E-state index in [4.69, 9.17) is 14.9 Å². The number of alkyl carbamates (subject to hydrolysis) is 1. The zero-order valence-corrected chi connectivity index (χ0v) is 17.2. The van der Waals surface area contributed by atoms with Crippen molar-refractivity contribution >= 4 is 18.0 Å². The third-order valence-corrected chi connectivity index (χ3v) is 5.19. The van der Waals surface area contributed by atoms with Gasteiger partial charge in [0.25, 0.3) is 5.91 Å². The summed E-state index contributed by atoms with van der Waals surface area (Å²) in [4.78, 5) is 35.7. The summed E-state index contributed by atoms with van der Waals surface area (Å²) in [6.45, 7) is -2.74. The molecule has 0 radical (unpaired) electrons. The lowest BCUT2D eigenvalue weighted by Gasteiger charge is -2.27. The number of nitrogens with one attached hydrogen (secondary N) is 1. The number of carbonyl (C=O) groups is 3. The first-order valence-electron chi connectivity index (χ1n) is 9.93. The Labute approximate surface area is 186 Å². The molecule has 2 aromatic rings. The van der Waals surface area contributed by atoms with Gasteiger partial charge >= 0.3 is 18.2 Å². The molecule has 0 bridgehead atoms. The van der Waals surface area contributed by atoms with Crippen LogP contribution in [0.4, 0.5) is 18.0 Å². The van der Waals surface area contributed by atoms with Crippen molar-refractivity contribution in [3.8, 4) is 11.1 Å². The van der Waals surface area contributed by atoms with Crippen LogP contribution in [0, 0.1) is 0 Å². The van der Waals surface area contributed by atoms with Crippen LogP contribution < -0.4 is 5.32 Å². The summed E-state index contributed by atoms with van der Waals surface area (Å²) in [6.07, 6.45) is -6.69. The molecule has 3 N–H and O–H groups in total. The van der Waals surface area contributed by atoms with Gasteiger partial charge in [-0.05, 0) is 22.3 Å². The molecule has 0 spiro atoms. The largest absolute Gasteiger partial charge is 0.480 e. The minimum atomic E-state index is -5.21. The van der Waals surface area contributed by atoms with Crippen LogP contribution in [-0.2, 0) is 14.3 Å². The number of hydrogen-bond donors (Lipinski definition) is 3. The Hall–Kier alpha value is -3.60. The Bertz CT molecular complexity index is 997. The average Bonchev–Trinajstić information content (AvgIpc) is 3.08. The fourth-order valence-electron chi connectivity index (χ4n) is 3.78. The average molecular weight is 466 g/mol. The number of amides is 2. The Kier molecular flexibility index (Phi) is 7.22. The van der Waals surface area contributed by atoms with Crippen LogP contribution in [0.15, 0.2) is 48.5 Å². The van der Waals surface area contributed by atoms with Gasteiger partial charge in [-0.15, -0.1) is 0 Å². The summed E-state index contributed by atoms with van der Waals surface area (Å²) >= 11 is 0. The first-order chi connectivity index (χ1) is 15.6. The van der Waals surface area contributed by atoms with Crippen LogP contribution in [0.5, 0.6) is 0 Å². The fraction of sp³-hybridized carbons (Fsp3) is 0.318. The molecule has 1 aliphatic rings. The molecule has 1 aliphatic carbocycles. The smallest absolute Gasteiger partial charge is 0.417 e. The number of rotatable bonds is 8. The van der Waals surface area contributed by atoms with E-state index >= 15 is 0 Å². The predicted octanol–water partition coefficient (Wildman–Crippen LogP) is 2.36. The number of alkyl halides is 3. The van der Waals surface area contributed by atoms with E-state index in [0.29, 0.717) is 4.90 Å². The number of aliphatic carboxylic acids is 1. The normalized spacial score (nSPS) is 13.6. The third-order valence-electron chi connectivity index (χ3n) is 5.19. The Morgan fingerprint density at radius 2 is 1.58 bits per heavy atom. The van der Waals surface area contributed by atoms with Crippen molar-refractivity contribution in [3.05, 3.63) is 59.7 Å². The molecule has 33 heavy (non-hydrogen) atoms. The van der Waals surface area contributed by atoms with Crippen molar-refractivity contribution in [3.63, 3.8) is 0 Å². The number of benzene rings is 2. The maximum Gasteiger partial charge on any atom is 0.417 e. The number of carbonyl (C=O) groups excluding carboxylic acids is 2. The monoisotopic (exact) mass is 466 g/mol. The summed E-state index contributed by atoms with van der Waals surface area (Å²) in [5, 5.41) is 19.3. The van der Waals surface area contributed by atoms with Gasteiger partial charge in [0.15, 0.2) is 0 Å². The van der Waals surface area contributed by atoms with E-state index in [1.807, 2.05) is 36.4 Å². The number of carboxylic acid groups (broad SMARTS) is 1. The molecule has 0 saturated carbocycles. The topological polar surface area (TPSA) is 116 Å². The zero-order valence-electron chi connectivity index (χ0n) is 17.2. The number of hydrogen-bond acceptors (Lipinski definition) is 5. The first-order valence-corrected chi connectivity index (χ1v) is 9.93. The minimum absolute atomic E-state index is 0.270. The molecule has 1 atom stereocenters. The first kappa shape index (κ1) is 24.1. The van der Waals surface area contributed by atoms with E-state index in [-0.39, 0.29) is 6.61 Å². The second kappa shape index (κ2) is 9.90. The number of halogens is 3. The number of aliphatic hydroxyl groups excluding tert-OH is 1. The van der Waals surface area contributed by atoms with Crippen molar-refractivity contribution in [2.75, 3.05) is 26.3 Å². The number of ether oxygens (including phenoxy) is 1. The van der Waals surface area contributed by atoms with E-state index in [2.05, 4.69) is 0 Å². The molecular weight excluding hydrogens is 445 g/mol. The highest BCUT2D eigenvalue weighted by atomic mass is 19.4. The lowest BCUT2D eigenvalue weighted by Crippen LogP contribution is -2.57. The highest BCUT2D eigenvalue weighted by Gasteiger charge is 2.48. The molecule has 3 rings (SSSR count). The summed E-state index contributed by atoms with van der Waals surface area (Å²) in [5.41, 5.74) is 3.56. The molecule has 0 aromatic heterocycles. The summed E-state index contributed by atoms with van der Waals surface area (Å²) in [7, 11) is 0. The lowest BCUT2D eigenvalue weighted by atomic mass is 9.98. The summed E-state index contributed by atoms with van der Waals surface area (Å²) in [6, 6.07) is 11.7. The highest BCUT2D eigenvalue weighted by Crippen LogP contribution is 2.44. The molecule has 2 aromatic carbocycles. The molecule has 11 heteroatoms. The highest BCUT2D eigenvalue weighted by molar-refractivity contribution is 5.89. The van der Waals surface area contributed by atoms with Crippen LogP contribution in [-0.4, -0.2) is 71.6 Å². The van der Waals surface area contributed by atoms with Gasteiger partial charge in [-0.1, -0.05) is 48.5 Å². The van der Waals surface area contributed by atoms with Crippen LogP contribution in [0.1, 0.15) is 17.0 Å². The maximum atomic E-state index is 13.5. The molecule has 8 nitrogen and oxygen atoms in total. The van der Waals surface area contributed by atoms with Crippen molar-refractivity contribution < 1.29 is 42.5 Å². The van der Waals surface area contributed by atoms with Gasteiger partial charge in [0, 0.05) is 12.5 Å². The molecule has 0 aliphatic heterocycles. The van der Waals surface area contributed by atoms with Crippen molar-refractivity contribution in [2.45, 2.75) is 18.1 Å². The standard InChI is InChI=1S/C22H21F3N2O6/c23-22(24,25)19(20(31)27(9-10-28)11-18(29)30)26-21(32)33-12-17-15-7-3-1-5-13(15)14-6-2-4-8-16(14)17/h1-8,17,19,28H,9-12H2,(H,26,32)(H,29,30). The quantitative estimate of drug-likeness (QED) is 0.550. The second-order valence-electron chi connectivity index (χ2n) is 7.32. The van der Waals surface area contributed by atoms with Crippen LogP contribution in [0.25, 0.3) is 11.1 Å². The molecule has 2 amide bonds.